The molecular weight excluding hydrogens is 216 g/mol. The molecule has 1 aliphatic rings. The van der Waals surface area contributed by atoms with E-state index in [1.807, 2.05) is 7.05 Å². The van der Waals surface area contributed by atoms with Crippen molar-refractivity contribution in [3.8, 4) is 0 Å². The molecule has 0 atom stereocenters. The summed E-state index contributed by atoms with van der Waals surface area (Å²) in [6.07, 6.45) is 1.77. The monoisotopic (exact) mass is 238 g/mol. The number of rotatable bonds is 4. The molecule has 1 aliphatic heterocycles. The Hall–Kier alpha value is -0.840. The standard InChI is InChI=1S/C13H22N2O2/c1-13(2)10-16-7-5-15(13)9-11-4-6-17-12(11)8-14-3/h4,6,14H,5,7-10H2,1-3H3. The summed E-state index contributed by atoms with van der Waals surface area (Å²) in [5.74, 6) is 1.04. The number of furan rings is 1. The Bertz CT molecular complexity index is 360. The molecule has 4 nitrogen and oxygen atoms in total. The van der Waals surface area contributed by atoms with Gasteiger partial charge in [-0.15, -0.1) is 0 Å². The van der Waals surface area contributed by atoms with Crippen molar-refractivity contribution in [3.63, 3.8) is 0 Å². The molecule has 0 aromatic carbocycles. The lowest BCUT2D eigenvalue weighted by molar-refractivity contribution is -0.0554. The summed E-state index contributed by atoms with van der Waals surface area (Å²) in [6, 6.07) is 2.07. The number of nitrogens with zero attached hydrogens (tertiary/aromatic N) is 1. The molecule has 1 N–H and O–H groups in total. The van der Waals surface area contributed by atoms with Crippen molar-refractivity contribution < 1.29 is 9.15 Å². The highest BCUT2D eigenvalue weighted by Crippen LogP contribution is 2.23. The fourth-order valence-corrected chi connectivity index (χ4v) is 2.21. The van der Waals surface area contributed by atoms with Crippen LogP contribution in [0.1, 0.15) is 25.2 Å². The van der Waals surface area contributed by atoms with Crippen LogP contribution in [0.25, 0.3) is 0 Å². The first-order valence-corrected chi connectivity index (χ1v) is 6.16. The Kier molecular flexibility index (Phi) is 3.86. The molecule has 0 unspecified atom stereocenters. The van der Waals surface area contributed by atoms with Crippen molar-refractivity contribution in [1.82, 2.24) is 10.2 Å². The molecule has 0 bridgehead atoms. The Labute approximate surface area is 103 Å². The van der Waals surface area contributed by atoms with Crippen molar-refractivity contribution >= 4 is 0 Å². The Morgan fingerprint density at radius 2 is 2.29 bits per heavy atom. The fraction of sp³-hybridized carbons (Fsp3) is 0.692. The van der Waals surface area contributed by atoms with Crippen LogP contribution in [0.3, 0.4) is 0 Å². The van der Waals surface area contributed by atoms with Gasteiger partial charge in [-0.1, -0.05) is 0 Å². The lowest BCUT2D eigenvalue weighted by Gasteiger charge is -2.42. The van der Waals surface area contributed by atoms with Gasteiger partial charge in [-0.2, -0.15) is 0 Å². The number of nitrogens with one attached hydrogen (secondary N) is 1. The van der Waals surface area contributed by atoms with Gasteiger partial charge in [0.25, 0.3) is 0 Å². The largest absolute Gasteiger partial charge is 0.468 e. The van der Waals surface area contributed by atoms with Gasteiger partial charge in [-0.25, -0.2) is 0 Å². The van der Waals surface area contributed by atoms with Crippen molar-refractivity contribution in [2.24, 2.45) is 0 Å². The normalized spacial score (nSPS) is 20.6. The van der Waals surface area contributed by atoms with Crippen LogP contribution in [0.4, 0.5) is 0 Å². The van der Waals surface area contributed by atoms with E-state index >= 15 is 0 Å². The van der Waals surface area contributed by atoms with Crippen molar-refractivity contribution in [2.45, 2.75) is 32.5 Å². The molecular formula is C13H22N2O2. The first kappa shape index (κ1) is 12.6. The van der Waals surface area contributed by atoms with Crippen LogP contribution in [0.5, 0.6) is 0 Å². The Morgan fingerprint density at radius 1 is 1.47 bits per heavy atom. The zero-order valence-corrected chi connectivity index (χ0v) is 11.0. The highest BCUT2D eigenvalue weighted by Gasteiger charge is 2.30. The predicted molar refractivity (Wildman–Crippen MR) is 66.8 cm³/mol. The number of hydrogen-bond acceptors (Lipinski definition) is 4. The highest BCUT2D eigenvalue weighted by molar-refractivity contribution is 5.17. The summed E-state index contributed by atoms with van der Waals surface area (Å²) in [7, 11) is 1.94. The molecule has 96 valence electrons. The first-order chi connectivity index (χ1) is 8.13. The first-order valence-electron chi connectivity index (χ1n) is 6.16. The summed E-state index contributed by atoms with van der Waals surface area (Å²) in [4.78, 5) is 2.46. The van der Waals surface area contributed by atoms with Gasteiger partial charge in [0.1, 0.15) is 5.76 Å². The lowest BCUT2D eigenvalue weighted by atomic mass is 10.0. The van der Waals surface area contributed by atoms with Gasteiger partial charge >= 0.3 is 0 Å². The maximum absolute atomic E-state index is 5.53. The summed E-state index contributed by atoms with van der Waals surface area (Å²) < 4.78 is 11.0. The smallest absolute Gasteiger partial charge is 0.122 e. The van der Waals surface area contributed by atoms with Crippen LogP contribution in [0, 0.1) is 0 Å². The molecule has 0 amide bonds. The van der Waals surface area contributed by atoms with Gasteiger partial charge in [-0.05, 0) is 27.0 Å². The van der Waals surface area contributed by atoms with E-state index in [9.17, 15) is 0 Å². The van der Waals surface area contributed by atoms with E-state index in [1.54, 1.807) is 6.26 Å². The van der Waals surface area contributed by atoms with Gasteiger partial charge in [0.15, 0.2) is 0 Å². The van der Waals surface area contributed by atoms with Gasteiger partial charge in [0, 0.05) is 24.2 Å². The molecule has 0 aliphatic carbocycles. The summed E-state index contributed by atoms with van der Waals surface area (Å²) in [5, 5.41) is 3.13. The molecule has 1 saturated heterocycles. The third-order valence-corrected chi connectivity index (χ3v) is 3.35. The van der Waals surface area contributed by atoms with Crippen molar-refractivity contribution in [2.75, 3.05) is 26.8 Å². The SMILES string of the molecule is CNCc1occc1CN1CCOCC1(C)C. The minimum absolute atomic E-state index is 0.104. The van der Waals surface area contributed by atoms with Crippen molar-refractivity contribution in [3.05, 3.63) is 23.7 Å². The lowest BCUT2D eigenvalue weighted by Crippen LogP contribution is -2.52. The molecule has 4 heteroatoms. The van der Waals surface area contributed by atoms with E-state index in [2.05, 4.69) is 30.1 Å². The molecule has 0 radical (unpaired) electrons. The maximum Gasteiger partial charge on any atom is 0.122 e. The van der Waals surface area contributed by atoms with Crippen LogP contribution in [0.2, 0.25) is 0 Å². The second-order valence-electron chi connectivity index (χ2n) is 5.19. The predicted octanol–water partition coefficient (Wildman–Crippen LogP) is 1.61. The second kappa shape index (κ2) is 5.21. The van der Waals surface area contributed by atoms with Crippen LogP contribution < -0.4 is 5.32 Å². The van der Waals surface area contributed by atoms with Gasteiger partial charge in [0.05, 0.1) is 26.0 Å². The Morgan fingerprint density at radius 3 is 3.00 bits per heavy atom. The molecule has 1 aromatic rings. The molecule has 0 spiro atoms. The zero-order chi connectivity index (χ0) is 12.3. The molecule has 2 rings (SSSR count). The van der Waals surface area contributed by atoms with E-state index in [0.717, 1.165) is 38.6 Å². The van der Waals surface area contributed by atoms with Crippen LogP contribution >= 0.6 is 0 Å². The zero-order valence-electron chi connectivity index (χ0n) is 11.0. The summed E-state index contributed by atoms with van der Waals surface area (Å²) in [5.41, 5.74) is 1.38. The minimum Gasteiger partial charge on any atom is -0.468 e. The van der Waals surface area contributed by atoms with E-state index in [1.165, 1.54) is 5.56 Å². The molecule has 2 heterocycles. The van der Waals surface area contributed by atoms with Crippen molar-refractivity contribution in [1.29, 1.82) is 0 Å². The van der Waals surface area contributed by atoms with E-state index in [0.29, 0.717) is 0 Å². The quantitative estimate of drug-likeness (QED) is 0.865. The maximum atomic E-state index is 5.53. The molecule has 1 aromatic heterocycles. The van der Waals surface area contributed by atoms with Crippen LogP contribution in [0.15, 0.2) is 16.7 Å². The summed E-state index contributed by atoms with van der Waals surface area (Å²) >= 11 is 0. The third-order valence-electron chi connectivity index (χ3n) is 3.35. The number of morpholine rings is 1. The third kappa shape index (κ3) is 2.89. The van der Waals surface area contributed by atoms with Crippen LogP contribution in [-0.2, 0) is 17.8 Å². The molecule has 0 saturated carbocycles. The van der Waals surface area contributed by atoms with E-state index in [-0.39, 0.29) is 5.54 Å². The second-order valence-corrected chi connectivity index (χ2v) is 5.19. The van der Waals surface area contributed by atoms with E-state index in [4.69, 9.17) is 9.15 Å². The number of ether oxygens (including phenoxy) is 1. The molecule has 1 fully saturated rings. The Balaban J connectivity index is 2.06. The van der Waals surface area contributed by atoms with Crippen LogP contribution in [-0.4, -0.2) is 37.2 Å². The summed E-state index contributed by atoms with van der Waals surface area (Å²) in [6.45, 7) is 8.77. The average Bonchev–Trinajstić information content (AvgIpc) is 2.70. The minimum atomic E-state index is 0.104. The average molecular weight is 238 g/mol. The van der Waals surface area contributed by atoms with Gasteiger partial charge < -0.3 is 14.5 Å². The molecule has 17 heavy (non-hydrogen) atoms. The fourth-order valence-electron chi connectivity index (χ4n) is 2.21. The van der Waals surface area contributed by atoms with E-state index < -0.39 is 0 Å². The topological polar surface area (TPSA) is 37.6 Å². The van der Waals surface area contributed by atoms with Gasteiger partial charge in [0.2, 0.25) is 0 Å². The highest BCUT2D eigenvalue weighted by atomic mass is 16.5. The van der Waals surface area contributed by atoms with Gasteiger partial charge in [-0.3, -0.25) is 4.90 Å². The number of hydrogen-bond donors (Lipinski definition) is 1.